The lowest BCUT2D eigenvalue weighted by molar-refractivity contribution is 0.165. The van der Waals surface area contributed by atoms with Crippen LogP contribution in [0.15, 0.2) is 24.3 Å². The Morgan fingerprint density at radius 2 is 2.18 bits per heavy atom. The molecule has 1 aromatic heterocycles. The van der Waals surface area contributed by atoms with Gasteiger partial charge in [0.2, 0.25) is 0 Å². The van der Waals surface area contributed by atoms with Gasteiger partial charge in [-0.2, -0.15) is 0 Å². The molecule has 0 saturated heterocycles. The Morgan fingerprint density at radius 3 is 2.88 bits per heavy atom. The van der Waals surface area contributed by atoms with E-state index in [-0.39, 0.29) is 0 Å². The maximum absolute atomic E-state index is 10.1. The van der Waals surface area contributed by atoms with E-state index in [0.29, 0.717) is 5.82 Å². The fourth-order valence-corrected chi connectivity index (χ4v) is 1.83. The molecule has 0 amide bonds. The first-order chi connectivity index (χ1) is 8.33. The van der Waals surface area contributed by atoms with Crippen molar-refractivity contribution in [3.05, 3.63) is 29.8 Å². The van der Waals surface area contributed by atoms with Gasteiger partial charge in [-0.15, -0.1) is 5.10 Å². The number of unbranched alkanes of at least 4 members (excludes halogenated alkanes) is 1. The Labute approximate surface area is 99.9 Å². The molecule has 1 unspecified atom stereocenters. The van der Waals surface area contributed by atoms with Crippen molar-refractivity contribution in [2.24, 2.45) is 0 Å². The predicted octanol–water partition coefficient (Wildman–Crippen LogP) is 2.09. The molecule has 90 valence electrons. The van der Waals surface area contributed by atoms with Crippen molar-refractivity contribution in [2.45, 2.75) is 32.3 Å². The van der Waals surface area contributed by atoms with Crippen molar-refractivity contribution in [2.75, 3.05) is 0 Å². The zero-order chi connectivity index (χ0) is 12.1. The van der Waals surface area contributed by atoms with Gasteiger partial charge >= 0.3 is 0 Å². The van der Waals surface area contributed by atoms with Crippen molar-refractivity contribution < 1.29 is 5.11 Å². The number of hydrogen-bond donors (Lipinski definition) is 2. The van der Waals surface area contributed by atoms with Crippen LogP contribution in [0.5, 0.6) is 0 Å². The summed E-state index contributed by atoms with van der Waals surface area (Å²) in [6.07, 6.45) is 2.37. The van der Waals surface area contributed by atoms with E-state index >= 15 is 0 Å². The van der Waals surface area contributed by atoms with E-state index in [1.165, 1.54) is 0 Å². The Kier molecular flexibility index (Phi) is 3.82. The van der Waals surface area contributed by atoms with Crippen LogP contribution in [0.1, 0.15) is 37.9 Å². The van der Waals surface area contributed by atoms with Crippen LogP contribution in [0.3, 0.4) is 0 Å². The number of aliphatic hydroxyl groups excluding tert-OH is 1. The van der Waals surface area contributed by atoms with Crippen LogP contribution in [0, 0.1) is 0 Å². The average molecular weight is 232 g/mol. The maximum atomic E-state index is 10.1. The molecule has 5 heteroatoms. The summed E-state index contributed by atoms with van der Waals surface area (Å²) in [5.41, 5.74) is 1.74. The van der Waals surface area contributed by atoms with E-state index in [1.807, 2.05) is 24.3 Å². The Morgan fingerprint density at radius 1 is 1.35 bits per heavy atom. The van der Waals surface area contributed by atoms with E-state index in [9.17, 15) is 5.11 Å². The Hall–Kier alpha value is -1.75. The largest absolute Gasteiger partial charge is 0.388 e. The lowest BCUT2D eigenvalue weighted by Gasteiger charge is -2.13. The molecule has 0 fully saturated rings. The van der Waals surface area contributed by atoms with Gasteiger partial charge in [0.05, 0.1) is 6.10 Å². The van der Waals surface area contributed by atoms with E-state index < -0.39 is 6.10 Å². The van der Waals surface area contributed by atoms with Crippen molar-refractivity contribution >= 4 is 0 Å². The normalized spacial score (nSPS) is 12.6. The van der Waals surface area contributed by atoms with Crippen LogP contribution >= 0.6 is 0 Å². The minimum atomic E-state index is -0.462. The monoisotopic (exact) mass is 232 g/mol. The van der Waals surface area contributed by atoms with E-state index in [4.69, 9.17) is 0 Å². The van der Waals surface area contributed by atoms with Gasteiger partial charge in [-0.3, -0.25) is 0 Å². The molecule has 2 rings (SSSR count). The molecule has 0 aliphatic heterocycles. The Balaban J connectivity index is 2.28. The molecule has 0 radical (unpaired) electrons. The van der Waals surface area contributed by atoms with Crippen LogP contribution in [-0.2, 0) is 0 Å². The minimum Gasteiger partial charge on any atom is -0.388 e. The van der Waals surface area contributed by atoms with Crippen molar-refractivity contribution in [1.29, 1.82) is 0 Å². The highest BCUT2D eigenvalue weighted by molar-refractivity contribution is 5.59. The quantitative estimate of drug-likeness (QED) is 0.827. The first-order valence-corrected chi connectivity index (χ1v) is 5.84. The van der Waals surface area contributed by atoms with Crippen molar-refractivity contribution in [3.63, 3.8) is 0 Å². The molecule has 0 spiro atoms. The zero-order valence-electron chi connectivity index (χ0n) is 9.80. The second-order valence-corrected chi connectivity index (χ2v) is 4.00. The fourth-order valence-electron chi connectivity index (χ4n) is 1.83. The summed E-state index contributed by atoms with van der Waals surface area (Å²) < 4.78 is 0. The molecule has 2 aromatic rings. The first-order valence-electron chi connectivity index (χ1n) is 5.84. The van der Waals surface area contributed by atoms with Gasteiger partial charge in [0.25, 0.3) is 0 Å². The average Bonchev–Trinajstić information content (AvgIpc) is 2.89. The Bertz CT molecular complexity index is 455. The third-order valence-corrected chi connectivity index (χ3v) is 2.75. The van der Waals surface area contributed by atoms with Gasteiger partial charge in [0, 0.05) is 5.56 Å². The molecule has 2 N–H and O–H groups in total. The van der Waals surface area contributed by atoms with Crippen LogP contribution in [-0.4, -0.2) is 25.7 Å². The molecule has 0 saturated carbocycles. The second-order valence-electron chi connectivity index (χ2n) is 4.00. The summed E-state index contributed by atoms with van der Waals surface area (Å²) in [5.74, 6) is 0.594. The number of benzene rings is 1. The van der Waals surface area contributed by atoms with Gasteiger partial charge in [0.1, 0.15) is 0 Å². The number of nitrogens with zero attached hydrogens (tertiary/aromatic N) is 3. The molecular weight excluding hydrogens is 216 g/mol. The van der Waals surface area contributed by atoms with Gasteiger partial charge < -0.3 is 5.11 Å². The number of aromatic amines is 1. The third kappa shape index (κ3) is 2.68. The molecule has 0 aliphatic carbocycles. The SMILES string of the molecule is CCCCC(O)c1ccccc1-c1nnn[nH]1. The molecule has 17 heavy (non-hydrogen) atoms. The van der Waals surface area contributed by atoms with Crippen molar-refractivity contribution in [1.82, 2.24) is 20.6 Å². The zero-order valence-corrected chi connectivity index (χ0v) is 9.80. The molecule has 1 aromatic carbocycles. The standard InChI is InChI=1S/C12H16N4O/c1-2-3-8-11(17)9-6-4-5-7-10(9)12-13-15-16-14-12/h4-7,11,17H,2-3,8H2,1H3,(H,13,14,15,16). The molecule has 0 bridgehead atoms. The lowest BCUT2D eigenvalue weighted by atomic mass is 9.98. The van der Waals surface area contributed by atoms with E-state index in [2.05, 4.69) is 27.5 Å². The number of aliphatic hydroxyl groups is 1. The minimum absolute atomic E-state index is 0.462. The molecule has 1 atom stereocenters. The highest BCUT2D eigenvalue weighted by atomic mass is 16.3. The van der Waals surface area contributed by atoms with E-state index in [1.54, 1.807) is 0 Å². The number of tetrazole rings is 1. The summed E-state index contributed by atoms with van der Waals surface area (Å²) in [7, 11) is 0. The number of aromatic nitrogens is 4. The number of rotatable bonds is 5. The maximum Gasteiger partial charge on any atom is 0.179 e. The number of H-pyrrole nitrogens is 1. The highest BCUT2D eigenvalue weighted by Crippen LogP contribution is 2.27. The number of nitrogens with one attached hydrogen (secondary N) is 1. The topological polar surface area (TPSA) is 74.7 Å². The summed E-state index contributed by atoms with van der Waals surface area (Å²) in [6, 6.07) is 7.65. The van der Waals surface area contributed by atoms with E-state index in [0.717, 1.165) is 30.4 Å². The van der Waals surface area contributed by atoms with Crippen molar-refractivity contribution in [3.8, 4) is 11.4 Å². The summed E-state index contributed by atoms with van der Waals surface area (Å²) in [4.78, 5) is 0. The summed E-state index contributed by atoms with van der Waals surface area (Å²) >= 11 is 0. The van der Waals surface area contributed by atoms with Gasteiger partial charge in [-0.25, -0.2) is 5.10 Å². The molecule has 5 nitrogen and oxygen atoms in total. The van der Waals surface area contributed by atoms with Gasteiger partial charge in [-0.05, 0) is 22.4 Å². The summed E-state index contributed by atoms with van der Waals surface area (Å²) in [5, 5.41) is 23.9. The van der Waals surface area contributed by atoms with Gasteiger partial charge in [-0.1, -0.05) is 44.0 Å². The molecule has 0 aliphatic rings. The smallest absolute Gasteiger partial charge is 0.179 e. The highest BCUT2D eigenvalue weighted by Gasteiger charge is 2.14. The predicted molar refractivity (Wildman–Crippen MR) is 64.1 cm³/mol. The van der Waals surface area contributed by atoms with Crippen LogP contribution < -0.4 is 0 Å². The number of hydrogen-bond acceptors (Lipinski definition) is 4. The lowest BCUT2D eigenvalue weighted by Crippen LogP contribution is -2.00. The third-order valence-electron chi connectivity index (χ3n) is 2.75. The van der Waals surface area contributed by atoms with Crippen LogP contribution in [0.25, 0.3) is 11.4 Å². The fraction of sp³-hybridized carbons (Fsp3) is 0.417. The van der Waals surface area contributed by atoms with Gasteiger partial charge in [0.15, 0.2) is 5.82 Å². The molecular formula is C12H16N4O. The van der Waals surface area contributed by atoms with Crippen LogP contribution in [0.4, 0.5) is 0 Å². The summed E-state index contributed by atoms with van der Waals surface area (Å²) in [6.45, 7) is 2.11. The first kappa shape index (κ1) is 11.7. The molecule has 1 heterocycles. The second kappa shape index (κ2) is 5.54. The van der Waals surface area contributed by atoms with Crippen LogP contribution in [0.2, 0.25) is 0 Å².